The van der Waals surface area contributed by atoms with Crippen LogP contribution in [0.4, 0.5) is 10.2 Å². The molecular weight excluding hydrogens is 323 g/mol. The molecule has 25 heavy (non-hydrogen) atoms. The lowest BCUT2D eigenvalue weighted by atomic mass is 10.2. The zero-order chi connectivity index (χ0) is 17.6. The molecule has 0 aliphatic heterocycles. The number of anilines is 1. The molecule has 134 valence electrons. The fourth-order valence-corrected chi connectivity index (χ4v) is 2.88. The maximum absolute atomic E-state index is 12.9. The number of halogens is 1. The van der Waals surface area contributed by atoms with Crippen LogP contribution in [0.25, 0.3) is 0 Å². The molecule has 7 heteroatoms. The highest BCUT2D eigenvalue weighted by Gasteiger charge is 2.20. The molecule has 3 rings (SSSR count). The largest absolute Gasteiger partial charge is 0.376 e. The van der Waals surface area contributed by atoms with Crippen LogP contribution in [0.15, 0.2) is 36.5 Å². The van der Waals surface area contributed by atoms with Crippen molar-refractivity contribution in [1.82, 2.24) is 9.78 Å². The van der Waals surface area contributed by atoms with Crippen molar-refractivity contribution in [3.05, 3.63) is 47.9 Å². The lowest BCUT2D eigenvalue weighted by Crippen LogP contribution is -2.40. The fourth-order valence-electron chi connectivity index (χ4n) is 2.88. The zero-order valence-corrected chi connectivity index (χ0v) is 14.0. The molecule has 6 nitrogen and oxygen atoms in total. The molecule has 1 atom stereocenters. The Morgan fingerprint density at radius 3 is 2.76 bits per heavy atom. The summed E-state index contributed by atoms with van der Waals surface area (Å²) in [4.78, 5) is 12.1. The van der Waals surface area contributed by atoms with Gasteiger partial charge in [0, 0.05) is 12.3 Å². The van der Waals surface area contributed by atoms with E-state index in [4.69, 9.17) is 10.5 Å². The topological polar surface area (TPSA) is 82.2 Å². The highest BCUT2D eigenvalue weighted by molar-refractivity contribution is 5.93. The molecule has 3 N–H and O–H groups in total. The van der Waals surface area contributed by atoms with Crippen molar-refractivity contribution < 1.29 is 13.9 Å². The molecule has 1 aliphatic carbocycles. The fraction of sp³-hybridized carbons (Fsp3) is 0.444. The number of carbonyl (C=O) groups excluding carboxylic acids is 1. The Kier molecular flexibility index (Phi) is 5.78. The number of aromatic nitrogens is 2. The van der Waals surface area contributed by atoms with E-state index in [1.54, 1.807) is 29.1 Å². The molecule has 1 saturated carbocycles. The van der Waals surface area contributed by atoms with Crippen LogP contribution >= 0.6 is 0 Å². The first kappa shape index (κ1) is 17.6. The molecule has 1 amide bonds. The van der Waals surface area contributed by atoms with E-state index in [-0.39, 0.29) is 24.4 Å². The van der Waals surface area contributed by atoms with Gasteiger partial charge in [-0.05, 0) is 30.5 Å². The summed E-state index contributed by atoms with van der Waals surface area (Å²) in [6, 6.07) is 7.20. The molecule has 1 aromatic carbocycles. The minimum absolute atomic E-state index is 0.215. The van der Waals surface area contributed by atoms with E-state index in [0.717, 1.165) is 18.4 Å². The van der Waals surface area contributed by atoms with Gasteiger partial charge in [-0.1, -0.05) is 25.0 Å². The number of nitrogens with zero attached hydrogens (tertiary/aromatic N) is 2. The van der Waals surface area contributed by atoms with E-state index in [0.29, 0.717) is 12.4 Å². The van der Waals surface area contributed by atoms with E-state index < -0.39 is 6.04 Å². The van der Waals surface area contributed by atoms with Crippen molar-refractivity contribution in [2.75, 3.05) is 11.9 Å². The monoisotopic (exact) mass is 346 g/mol. The second kappa shape index (κ2) is 8.22. The van der Waals surface area contributed by atoms with Gasteiger partial charge in [0.25, 0.3) is 0 Å². The van der Waals surface area contributed by atoms with Gasteiger partial charge in [0.05, 0.1) is 19.3 Å². The first-order chi connectivity index (χ1) is 12.1. The first-order valence-electron chi connectivity index (χ1n) is 8.56. The van der Waals surface area contributed by atoms with Gasteiger partial charge in [-0.2, -0.15) is 5.10 Å². The van der Waals surface area contributed by atoms with Crippen molar-refractivity contribution in [3.63, 3.8) is 0 Å². The molecule has 1 aliphatic rings. The summed E-state index contributed by atoms with van der Waals surface area (Å²) >= 11 is 0. The number of benzene rings is 1. The van der Waals surface area contributed by atoms with Gasteiger partial charge in [0.2, 0.25) is 5.91 Å². The molecule has 1 fully saturated rings. The minimum atomic E-state index is -0.720. The number of hydrogen-bond acceptors (Lipinski definition) is 4. The Balaban J connectivity index is 1.48. The van der Waals surface area contributed by atoms with Crippen LogP contribution in [0.5, 0.6) is 0 Å². The average Bonchev–Trinajstić information content (AvgIpc) is 3.27. The van der Waals surface area contributed by atoms with E-state index in [1.165, 1.54) is 25.0 Å². The second-order valence-corrected chi connectivity index (χ2v) is 6.36. The molecule has 0 radical (unpaired) electrons. The van der Waals surface area contributed by atoms with Gasteiger partial charge in [-0.25, -0.2) is 4.39 Å². The minimum Gasteiger partial charge on any atom is -0.376 e. The average molecular weight is 346 g/mol. The molecule has 1 aromatic heterocycles. The maximum atomic E-state index is 12.9. The maximum Gasteiger partial charge on any atom is 0.244 e. The smallest absolute Gasteiger partial charge is 0.244 e. The second-order valence-electron chi connectivity index (χ2n) is 6.36. The van der Waals surface area contributed by atoms with Crippen LogP contribution in [0.3, 0.4) is 0 Å². The third-order valence-electron chi connectivity index (χ3n) is 4.30. The van der Waals surface area contributed by atoms with Crippen molar-refractivity contribution in [2.24, 2.45) is 5.73 Å². The predicted molar refractivity (Wildman–Crippen MR) is 92.5 cm³/mol. The molecule has 2 aromatic rings. The van der Waals surface area contributed by atoms with Gasteiger partial charge in [0.15, 0.2) is 5.82 Å². The summed E-state index contributed by atoms with van der Waals surface area (Å²) in [5, 5.41) is 6.98. The molecule has 0 saturated heterocycles. The molecule has 0 unspecified atom stereocenters. The van der Waals surface area contributed by atoms with Crippen molar-refractivity contribution >= 4 is 11.7 Å². The first-order valence-corrected chi connectivity index (χ1v) is 8.56. The molecular formula is C18H23FN4O2. The molecule has 0 bridgehead atoms. The number of carbonyl (C=O) groups is 1. The summed E-state index contributed by atoms with van der Waals surface area (Å²) in [5.74, 6) is -0.153. The van der Waals surface area contributed by atoms with Gasteiger partial charge in [-0.3, -0.25) is 9.48 Å². The third kappa shape index (κ3) is 5.11. The quantitative estimate of drug-likeness (QED) is 0.806. The van der Waals surface area contributed by atoms with Crippen LogP contribution in [0, 0.1) is 5.82 Å². The number of rotatable bonds is 7. The zero-order valence-electron chi connectivity index (χ0n) is 14.0. The lowest BCUT2D eigenvalue weighted by molar-refractivity contribution is -0.119. The van der Waals surface area contributed by atoms with Gasteiger partial charge >= 0.3 is 0 Å². The van der Waals surface area contributed by atoms with Gasteiger partial charge in [-0.15, -0.1) is 0 Å². The van der Waals surface area contributed by atoms with E-state index >= 15 is 0 Å². The normalized spacial score (nSPS) is 16.1. The Morgan fingerprint density at radius 2 is 2.04 bits per heavy atom. The van der Waals surface area contributed by atoms with Crippen LogP contribution < -0.4 is 11.1 Å². The van der Waals surface area contributed by atoms with Crippen molar-refractivity contribution in [2.45, 2.75) is 44.4 Å². The standard InChI is InChI=1S/C18H23FN4O2/c19-14-7-5-13(6-8-14)11-23-10-9-17(22-23)21-18(24)16(20)12-25-15-3-1-2-4-15/h5-10,15-16H,1-4,11-12,20H2,(H,21,22,24)/t16-/m0/s1. The van der Waals surface area contributed by atoms with Gasteiger partial charge in [0.1, 0.15) is 11.9 Å². The Labute approximate surface area is 146 Å². The van der Waals surface area contributed by atoms with E-state index in [2.05, 4.69) is 10.4 Å². The van der Waals surface area contributed by atoms with Gasteiger partial charge < -0.3 is 15.8 Å². The van der Waals surface area contributed by atoms with E-state index in [1.807, 2.05) is 0 Å². The number of ether oxygens (including phenoxy) is 1. The van der Waals surface area contributed by atoms with Crippen LogP contribution in [-0.4, -0.2) is 34.4 Å². The molecule has 0 spiro atoms. The molecule has 1 heterocycles. The summed E-state index contributed by atoms with van der Waals surface area (Å²) in [7, 11) is 0. The Morgan fingerprint density at radius 1 is 1.32 bits per heavy atom. The number of hydrogen-bond donors (Lipinski definition) is 2. The summed E-state index contributed by atoms with van der Waals surface area (Å²) in [6.07, 6.45) is 6.42. The SMILES string of the molecule is N[C@@H](COC1CCCC1)C(=O)Nc1ccn(Cc2ccc(F)cc2)n1. The summed E-state index contributed by atoms with van der Waals surface area (Å²) < 4.78 is 20.3. The Bertz CT molecular complexity index is 695. The predicted octanol–water partition coefficient (Wildman–Crippen LogP) is 2.30. The highest BCUT2D eigenvalue weighted by atomic mass is 19.1. The summed E-state index contributed by atoms with van der Waals surface area (Å²) in [5.41, 5.74) is 6.80. The summed E-state index contributed by atoms with van der Waals surface area (Å²) in [6.45, 7) is 0.708. The number of nitrogens with one attached hydrogen (secondary N) is 1. The van der Waals surface area contributed by atoms with Crippen LogP contribution in [-0.2, 0) is 16.1 Å². The van der Waals surface area contributed by atoms with E-state index in [9.17, 15) is 9.18 Å². The number of amides is 1. The Hall–Kier alpha value is -2.25. The van der Waals surface area contributed by atoms with Crippen molar-refractivity contribution in [1.29, 1.82) is 0 Å². The highest BCUT2D eigenvalue weighted by Crippen LogP contribution is 2.20. The third-order valence-corrected chi connectivity index (χ3v) is 4.30. The van der Waals surface area contributed by atoms with Crippen LogP contribution in [0.1, 0.15) is 31.2 Å². The van der Waals surface area contributed by atoms with Crippen molar-refractivity contribution in [3.8, 4) is 0 Å². The number of nitrogens with two attached hydrogens (primary N) is 1. The van der Waals surface area contributed by atoms with Crippen LogP contribution in [0.2, 0.25) is 0 Å². The lowest BCUT2D eigenvalue weighted by Gasteiger charge is -2.15.